The molecule has 1 heteroatoms. The van der Waals surface area contributed by atoms with Crippen LogP contribution in [-0.2, 0) is 5.41 Å². The van der Waals surface area contributed by atoms with Gasteiger partial charge in [0.05, 0.1) is 6.04 Å². The van der Waals surface area contributed by atoms with Gasteiger partial charge in [-0.15, -0.1) is 0 Å². The molecule has 0 saturated heterocycles. The molecule has 0 bridgehead atoms. The first-order valence-electron chi connectivity index (χ1n) is 6.83. The highest BCUT2D eigenvalue weighted by atomic mass is 14.9. The van der Waals surface area contributed by atoms with Crippen molar-refractivity contribution in [2.24, 2.45) is 0 Å². The van der Waals surface area contributed by atoms with Crippen LogP contribution in [0.3, 0.4) is 0 Å². The molecule has 0 aliphatic rings. The summed E-state index contributed by atoms with van der Waals surface area (Å²) in [5.41, 5.74) is 4.30. The van der Waals surface area contributed by atoms with Crippen LogP contribution in [0.5, 0.6) is 0 Å². The minimum atomic E-state index is 0.225. The highest BCUT2D eigenvalue weighted by molar-refractivity contribution is 5.31. The number of hydrogen-bond donors (Lipinski definition) is 1. The zero-order chi connectivity index (χ0) is 13.8. The lowest BCUT2D eigenvalue weighted by molar-refractivity contribution is 0.588. The lowest BCUT2D eigenvalue weighted by Gasteiger charge is -2.21. The molecule has 1 aromatic carbocycles. The average molecular weight is 245 g/mol. The summed E-state index contributed by atoms with van der Waals surface area (Å²) in [6, 6.07) is 9.31. The fraction of sp³-hybridized carbons (Fsp3) is 0.529. The first kappa shape index (κ1) is 15.0. The van der Waals surface area contributed by atoms with Gasteiger partial charge in [-0.2, -0.15) is 0 Å². The Kier molecular flexibility index (Phi) is 5.15. The largest absolute Gasteiger partial charge is 0.307 e. The van der Waals surface area contributed by atoms with Crippen molar-refractivity contribution in [2.45, 2.75) is 53.0 Å². The topological polar surface area (TPSA) is 12.0 Å². The molecule has 1 atom stereocenters. The summed E-state index contributed by atoms with van der Waals surface area (Å²) in [7, 11) is 0. The highest BCUT2D eigenvalue weighted by Crippen LogP contribution is 2.24. The molecule has 1 N–H and O–H groups in total. The van der Waals surface area contributed by atoms with Gasteiger partial charge in [-0.3, -0.25) is 0 Å². The van der Waals surface area contributed by atoms with Gasteiger partial charge in [0.2, 0.25) is 0 Å². The smallest absolute Gasteiger partial charge is 0.0508 e. The van der Waals surface area contributed by atoms with Crippen molar-refractivity contribution < 1.29 is 0 Å². The zero-order valence-corrected chi connectivity index (χ0v) is 12.7. The van der Waals surface area contributed by atoms with Crippen LogP contribution in [0.4, 0.5) is 0 Å². The standard InChI is InChI=1S/C17H27N/c1-7-18-16(12-13(2)3)14-8-10-15(11-9-14)17(4,5)6/h8-12,16,18H,7H2,1-6H3. The van der Waals surface area contributed by atoms with Gasteiger partial charge in [-0.05, 0) is 36.9 Å². The van der Waals surface area contributed by atoms with Gasteiger partial charge in [-0.25, -0.2) is 0 Å². The predicted octanol–water partition coefficient (Wildman–Crippen LogP) is 4.60. The lowest BCUT2D eigenvalue weighted by atomic mass is 9.86. The van der Waals surface area contributed by atoms with Gasteiger partial charge < -0.3 is 5.32 Å². The normalized spacial score (nSPS) is 13.2. The second-order valence-corrected chi connectivity index (χ2v) is 6.15. The van der Waals surface area contributed by atoms with E-state index in [4.69, 9.17) is 0 Å². The van der Waals surface area contributed by atoms with Gasteiger partial charge in [-0.1, -0.05) is 63.6 Å². The monoisotopic (exact) mass is 245 g/mol. The number of nitrogens with one attached hydrogen (secondary N) is 1. The van der Waals surface area contributed by atoms with Gasteiger partial charge >= 0.3 is 0 Å². The van der Waals surface area contributed by atoms with E-state index in [0.717, 1.165) is 6.54 Å². The summed E-state index contributed by atoms with van der Waals surface area (Å²) >= 11 is 0. The van der Waals surface area contributed by atoms with Crippen molar-refractivity contribution >= 4 is 0 Å². The Morgan fingerprint density at radius 1 is 1.17 bits per heavy atom. The molecule has 1 unspecified atom stereocenters. The molecule has 1 rings (SSSR count). The molecular formula is C17H27N. The van der Waals surface area contributed by atoms with E-state index in [9.17, 15) is 0 Å². The Balaban J connectivity index is 2.97. The van der Waals surface area contributed by atoms with Crippen LogP contribution >= 0.6 is 0 Å². The number of benzene rings is 1. The molecular weight excluding hydrogens is 218 g/mol. The van der Waals surface area contributed by atoms with E-state index in [0.29, 0.717) is 6.04 Å². The van der Waals surface area contributed by atoms with E-state index >= 15 is 0 Å². The maximum absolute atomic E-state index is 3.51. The number of likely N-dealkylation sites (N-methyl/N-ethyl adjacent to an activating group) is 1. The maximum Gasteiger partial charge on any atom is 0.0508 e. The van der Waals surface area contributed by atoms with Gasteiger partial charge in [0.1, 0.15) is 0 Å². The summed E-state index contributed by atoms with van der Waals surface area (Å²) in [5, 5.41) is 3.51. The SMILES string of the molecule is CCNC(C=C(C)C)c1ccc(C(C)(C)C)cc1. The molecule has 1 nitrogen and oxygen atoms in total. The average Bonchev–Trinajstić information content (AvgIpc) is 2.27. The second-order valence-electron chi connectivity index (χ2n) is 6.15. The zero-order valence-electron chi connectivity index (χ0n) is 12.7. The Labute approximate surface area is 112 Å². The summed E-state index contributed by atoms with van der Waals surface area (Å²) in [6.45, 7) is 14.2. The molecule has 0 saturated carbocycles. The van der Waals surface area contributed by atoms with Gasteiger partial charge in [0, 0.05) is 0 Å². The fourth-order valence-corrected chi connectivity index (χ4v) is 2.02. The van der Waals surface area contributed by atoms with Crippen molar-refractivity contribution in [3.05, 3.63) is 47.0 Å². The molecule has 0 aromatic heterocycles. The van der Waals surface area contributed by atoms with E-state index < -0.39 is 0 Å². The molecule has 0 spiro atoms. The number of allylic oxidation sites excluding steroid dienone is 1. The minimum absolute atomic E-state index is 0.225. The van der Waals surface area contributed by atoms with E-state index in [1.165, 1.54) is 16.7 Å². The van der Waals surface area contributed by atoms with E-state index in [1.54, 1.807) is 0 Å². The third-order valence-electron chi connectivity index (χ3n) is 3.06. The van der Waals surface area contributed by atoms with Crippen molar-refractivity contribution in [1.29, 1.82) is 0 Å². The molecule has 0 aliphatic carbocycles. The number of hydrogen-bond acceptors (Lipinski definition) is 1. The molecule has 0 aliphatic heterocycles. The first-order valence-corrected chi connectivity index (χ1v) is 6.83. The van der Waals surface area contributed by atoms with Crippen LogP contribution in [0.25, 0.3) is 0 Å². The Bertz CT molecular complexity index is 389. The van der Waals surface area contributed by atoms with E-state index in [2.05, 4.69) is 77.2 Å². The minimum Gasteiger partial charge on any atom is -0.307 e. The fourth-order valence-electron chi connectivity index (χ4n) is 2.02. The van der Waals surface area contributed by atoms with Crippen LogP contribution in [0, 0.1) is 0 Å². The summed E-state index contributed by atoms with van der Waals surface area (Å²) in [5.74, 6) is 0. The molecule has 0 heterocycles. The third-order valence-corrected chi connectivity index (χ3v) is 3.06. The first-order chi connectivity index (χ1) is 8.34. The molecule has 1 aromatic rings. The third kappa shape index (κ3) is 4.30. The highest BCUT2D eigenvalue weighted by Gasteiger charge is 2.14. The van der Waals surface area contributed by atoms with Crippen molar-refractivity contribution in [1.82, 2.24) is 5.32 Å². The van der Waals surface area contributed by atoms with E-state index in [1.807, 2.05) is 0 Å². The summed E-state index contributed by atoms with van der Waals surface area (Å²) in [6.07, 6.45) is 2.29. The maximum atomic E-state index is 3.51. The van der Waals surface area contributed by atoms with Crippen molar-refractivity contribution in [2.75, 3.05) is 6.54 Å². The molecule has 100 valence electrons. The molecule has 0 amide bonds. The Morgan fingerprint density at radius 3 is 2.11 bits per heavy atom. The Hall–Kier alpha value is -1.08. The number of rotatable bonds is 4. The Morgan fingerprint density at radius 2 is 1.72 bits per heavy atom. The second kappa shape index (κ2) is 6.19. The van der Waals surface area contributed by atoms with Crippen LogP contribution < -0.4 is 5.32 Å². The van der Waals surface area contributed by atoms with Crippen LogP contribution in [0.2, 0.25) is 0 Å². The summed E-state index contributed by atoms with van der Waals surface area (Å²) in [4.78, 5) is 0. The predicted molar refractivity (Wildman–Crippen MR) is 81.0 cm³/mol. The van der Waals surface area contributed by atoms with Gasteiger partial charge in [0.25, 0.3) is 0 Å². The van der Waals surface area contributed by atoms with Crippen molar-refractivity contribution in [3.8, 4) is 0 Å². The summed E-state index contributed by atoms with van der Waals surface area (Å²) < 4.78 is 0. The lowest BCUT2D eigenvalue weighted by Crippen LogP contribution is -2.19. The van der Waals surface area contributed by atoms with E-state index in [-0.39, 0.29) is 5.41 Å². The van der Waals surface area contributed by atoms with Crippen LogP contribution in [0.1, 0.15) is 58.7 Å². The molecule has 18 heavy (non-hydrogen) atoms. The molecule has 0 radical (unpaired) electrons. The van der Waals surface area contributed by atoms with Crippen LogP contribution in [-0.4, -0.2) is 6.54 Å². The van der Waals surface area contributed by atoms with Crippen molar-refractivity contribution in [3.63, 3.8) is 0 Å². The van der Waals surface area contributed by atoms with Gasteiger partial charge in [0.15, 0.2) is 0 Å². The quantitative estimate of drug-likeness (QED) is 0.764. The molecule has 0 fully saturated rings. The van der Waals surface area contributed by atoms with Crippen LogP contribution in [0.15, 0.2) is 35.9 Å².